The molecule has 3 aromatic rings. The average molecular weight is 371 g/mol. The molecule has 1 heterocycles. The number of hydrogen-bond donors (Lipinski definition) is 1. The SMILES string of the molecule is Cc1ccc(Cc2cnc(NC(=O)c3ccccc3[N+](=O)[O-])s2)cc1F. The number of benzene rings is 2. The van der Waals surface area contributed by atoms with Crippen molar-refractivity contribution >= 4 is 28.1 Å². The molecule has 0 unspecified atom stereocenters. The first kappa shape index (κ1) is 17.7. The molecule has 1 aromatic heterocycles. The summed E-state index contributed by atoms with van der Waals surface area (Å²) in [4.78, 5) is 27.7. The van der Waals surface area contributed by atoms with E-state index in [4.69, 9.17) is 0 Å². The first-order chi connectivity index (χ1) is 12.4. The Hall–Kier alpha value is -3.13. The second-order valence-corrected chi connectivity index (χ2v) is 6.74. The van der Waals surface area contributed by atoms with Crippen molar-refractivity contribution in [2.24, 2.45) is 0 Å². The van der Waals surface area contributed by atoms with Gasteiger partial charge in [0.15, 0.2) is 5.13 Å². The molecule has 0 saturated carbocycles. The van der Waals surface area contributed by atoms with E-state index in [1.54, 1.807) is 25.3 Å². The number of carbonyl (C=O) groups is 1. The van der Waals surface area contributed by atoms with Crippen LogP contribution in [0.5, 0.6) is 0 Å². The van der Waals surface area contributed by atoms with Crippen LogP contribution in [0.3, 0.4) is 0 Å². The minimum absolute atomic E-state index is 0.0325. The van der Waals surface area contributed by atoms with E-state index < -0.39 is 10.8 Å². The number of para-hydroxylation sites is 1. The summed E-state index contributed by atoms with van der Waals surface area (Å²) >= 11 is 1.24. The van der Waals surface area contributed by atoms with Crippen LogP contribution in [0.15, 0.2) is 48.7 Å². The van der Waals surface area contributed by atoms with Crippen LogP contribution >= 0.6 is 11.3 Å². The minimum Gasteiger partial charge on any atom is -0.298 e. The Labute approximate surface area is 152 Å². The number of hydrogen-bond acceptors (Lipinski definition) is 5. The zero-order valence-electron chi connectivity index (χ0n) is 13.7. The lowest BCUT2D eigenvalue weighted by molar-refractivity contribution is -0.385. The second kappa shape index (κ2) is 7.40. The Balaban J connectivity index is 1.73. The molecule has 0 bridgehead atoms. The molecule has 0 aliphatic rings. The van der Waals surface area contributed by atoms with Gasteiger partial charge in [0.05, 0.1) is 4.92 Å². The van der Waals surface area contributed by atoms with E-state index in [0.29, 0.717) is 17.1 Å². The van der Waals surface area contributed by atoms with Gasteiger partial charge in [-0.3, -0.25) is 20.2 Å². The fourth-order valence-electron chi connectivity index (χ4n) is 2.38. The summed E-state index contributed by atoms with van der Waals surface area (Å²) < 4.78 is 13.6. The summed E-state index contributed by atoms with van der Waals surface area (Å²) in [6.45, 7) is 1.70. The number of aromatic nitrogens is 1. The molecule has 8 heteroatoms. The molecule has 0 spiro atoms. The van der Waals surface area contributed by atoms with Crippen LogP contribution in [0.2, 0.25) is 0 Å². The molecule has 2 aromatic carbocycles. The lowest BCUT2D eigenvalue weighted by Gasteiger charge is -2.03. The average Bonchev–Trinajstić information content (AvgIpc) is 3.05. The molecule has 3 rings (SSSR count). The molecule has 0 fully saturated rings. The molecule has 0 saturated heterocycles. The second-order valence-electron chi connectivity index (χ2n) is 5.62. The van der Waals surface area contributed by atoms with E-state index in [1.807, 2.05) is 6.07 Å². The summed E-state index contributed by atoms with van der Waals surface area (Å²) in [5.74, 6) is -0.864. The van der Waals surface area contributed by atoms with Crippen LogP contribution in [0, 0.1) is 22.9 Å². The number of aryl methyl sites for hydroxylation is 1. The third-order valence-electron chi connectivity index (χ3n) is 3.73. The van der Waals surface area contributed by atoms with Crippen LogP contribution in [0.4, 0.5) is 15.2 Å². The maximum absolute atomic E-state index is 13.6. The van der Waals surface area contributed by atoms with Crippen molar-refractivity contribution in [1.29, 1.82) is 0 Å². The first-order valence-corrected chi connectivity index (χ1v) is 8.50. The van der Waals surface area contributed by atoms with Gasteiger partial charge >= 0.3 is 0 Å². The molecule has 6 nitrogen and oxygen atoms in total. The standard InChI is InChI=1S/C18H14FN3O3S/c1-11-6-7-12(9-15(11)19)8-13-10-20-18(26-13)21-17(23)14-4-2-3-5-16(14)22(24)25/h2-7,9-10H,8H2,1H3,(H,20,21,23). The summed E-state index contributed by atoms with van der Waals surface area (Å²) in [5, 5.41) is 13.9. The Morgan fingerprint density at radius 3 is 2.81 bits per heavy atom. The molecule has 132 valence electrons. The van der Waals surface area contributed by atoms with Crippen molar-refractivity contribution in [2.75, 3.05) is 5.32 Å². The van der Waals surface area contributed by atoms with Crippen LogP contribution < -0.4 is 5.32 Å². The predicted octanol–water partition coefficient (Wildman–Crippen LogP) is 4.34. The fraction of sp³-hybridized carbons (Fsp3) is 0.111. The zero-order chi connectivity index (χ0) is 18.7. The van der Waals surface area contributed by atoms with Gasteiger partial charge in [-0.15, -0.1) is 11.3 Å². The van der Waals surface area contributed by atoms with Crippen molar-refractivity contribution in [3.8, 4) is 0 Å². The van der Waals surface area contributed by atoms with Crippen molar-refractivity contribution < 1.29 is 14.1 Å². The van der Waals surface area contributed by atoms with Gasteiger partial charge in [0.2, 0.25) is 0 Å². The normalized spacial score (nSPS) is 10.5. The molecule has 1 N–H and O–H groups in total. The number of nitrogens with one attached hydrogen (secondary N) is 1. The van der Waals surface area contributed by atoms with Crippen LogP contribution in [0.25, 0.3) is 0 Å². The number of rotatable bonds is 5. The molecular formula is C18H14FN3O3S. The molecule has 1 amide bonds. The van der Waals surface area contributed by atoms with Crippen LogP contribution in [0.1, 0.15) is 26.4 Å². The number of nitro groups is 1. The van der Waals surface area contributed by atoms with Gasteiger partial charge in [0.25, 0.3) is 11.6 Å². The number of thiazole rings is 1. The van der Waals surface area contributed by atoms with E-state index >= 15 is 0 Å². The monoisotopic (exact) mass is 371 g/mol. The molecular weight excluding hydrogens is 357 g/mol. The lowest BCUT2D eigenvalue weighted by Crippen LogP contribution is -2.13. The number of amides is 1. The number of nitrogens with zero attached hydrogens (tertiary/aromatic N) is 2. The fourth-order valence-corrected chi connectivity index (χ4v) is 3.23. The maximum Gasteiger partial charge on any atom is 0.282 e. The Bertz CT molecular complexity index is 987. The van der Waals surface area contributed by atoms with Gasteiger partial charge in [-0.25, -0.2) is 9.37 Å². The number of halogens is 1. The number of nitro benzene ring substituents is 1. The zero-order valence-corrected chi connectivity index (χ0v) is 14.5. The third-order valence-corrected chi connectivity index (χ3v) is 4.65. The smallest absolute Gasteiger partial charge is 0.282 e. The summed E-state index contributed by atoms with van der Waals surface area (Å²) in [5.41, 5.74) is 1.08. The Morgan fingerprint density at radius 2 is 2.08 bits per heavy atom. The van der Waals surface area contributed by atoms with Gasteiger partial charge in [0.1, 0.15) is 11.4 Å². The van der Waals surface area contributed by atoms with Gasteiger partial charge < -0.3 is 0 Å². The summed E-state index contributed by atoms with van der Waals surface area (Å²) in [7, 11) is 0. The van der Waals surface area contributed by atoms with Crippen LogP contribution in [-0.4, -0.2) is 15.8 Å². The quantitative estimate of drug-likeness (QED) is 0.534. The molecule has 26 heavy (non-hydrogen) atoms. The van der Waals surface area contributed by atoms with Gasteiger partial charge in [-0.05, 0) is 30.2 Å². The van der Waals surface area contributed by atoms with Crippen molar-refractivity contribution in [3.05, 3.63) is 86.2 Å². The largest absolute Gasteiger partial charge is 0.298 e. The van der Waals surface area contributed by atoms with Crippen molar-refractivity contribution in [1.82, 2.24) is 4.98 Å². The Morgan fingerprint density at radius 1 is 1.31 bits per heavy atom. The molecule has 0 aliphatic carbocycles. The molecule has 0 atom stereocenters. The number of carbonyl (C=O) groups excluding carboxylic acids is 1. The van der Waals surface area contributed by atoms with E-state index in [2.05, 4.69) is 10.3 Å². The highest BCUT2D eigenvalue weighted by atomic mass is 32.1. The van der Waals surface area contributed by atoms with E-state index in [9.17, 15) is 19.3 Å². The van der Waals surface area contributed by atoms with Gasteiger partial charge in [0, 0.05) is 23.6 Å². The van der Waals surface area contributed by atoms with Gasteiger partial charge in [-0.2, -0.15) is 0 Å². The topological polar surface area (TPSA) is 85.1 Å². The first-order valence-electron chi connectivity index (χ1n) is 7.68. The van der Waals surface area contributed by atoms with Gasteiger partial charge in [-0.1, -0.05) is 24.3 Å². The molecule has 0 radical (unpaired) electrons. The highest BCUT2D eigenvalue weighted by molar-refractivity contribution is 7.15. The van der Waals surface area contributed by atoms with E-state index in [-0.39, 0.29) is 17.1 Å². The maximum atomic E-state index is 13.6. The van der Waals surface area contributed by atoms with E-state index in [1.165, 1.54) is 35.6 Å². The summed E-state index contributed by atoms with van der Waals surface area (Å²) in [6.07, 6.45) is 2.08. The predicted molar refractivity (Wildman–Crippen MR) is 97.1 cm³/mol. The highest BCUT2D eigenvalue weighted by Gasteiger charge is 2.20. The third kappa shape index (κ3) is 3.92. The molecule has 0 aliphatic heterocycles. The van der Waals surface area contributed by atoms with E-state index in [0.717, 1.165) is 10.4 Å². The summed E-state index contributed by atoms with van der Waals surface area (Å²) in [6, 6.07) is 10.7. The Kier molecular flexibility index (Phi) is 5.04. The highest BCUT2D eigenvalue weighted by Crippen LogP contribution is 2.24. The van der Waals surface area contributed by atoms with Crippen molar-refractivity contribution in [2.45, 2.75) is 13.3 Å². The lowest BCUT2D eigenvalue weighted by atomic mass is 10.1. The minimum atomic E-state index is -0.603. The van der Waals surface area contributed by atoms with Crippen molar-refractivity contribution in [3.63, 3.8) is 0 Å². The van der Waals surface area contributed by atoms with Crippen LogP contribution in [-0.2, 0) is 6.42 Å². The number of anilines is 1.